The molecule has 33 heavy (non-hydrogen) atoms. The molecule has 1 heterocycles. The Morgan fingerprint density at radius 3 is 1.82 bits per heavy atom. The van der Waals surface area contributed by atoms with Crippen molar-refractivity contribution < 1.29 is 9.30 Å². The van der Waals surface area contributed by atoms with E-state index in [9.17, 15) is 0 Å². The minimum atomic E-state index is 0.643. The number of hydrogen-bond acceptors (Lipinski definition) is 1. The minimum Gasteiger partial charge on any atom is -0.342 e. The van der Waals surface area contributed by atoms with E-state index in [1.165, 1.54) is 114 Å². The van der Waals surface area contributed by atoms with Crippen molar-refractivity contribution in [1.82, 2.24) is 4.57 Å². The van der Waals surface area contributed by atoms with E-state index in [0.29, 0.717) is 6.73 Å². The van der Waals surface area contributed by atoms with Gasteiger partial charge >= 0.3 is 0 Å². The van der Waals surface area contributed by atoms with E-state index in [2.05, 4.69) is 65.7 Å². The van der Waals surface area contributed by atoms with Crippen LogP contribution in [0.3, 0.4) is 0 Å². The van der Waals surface area contributed by atoms with Gasteiger partial charge in [0.2, 0.25) is 0 Å². The lowest BCUT2D eigenvalue weighted by Gasteiger charge is -2.07. The molecule has 0 aliphatic rings. The number of nitrogens with zero attached hydrogens (tertiary/aromatic N) is 2. The van der Waals surface area contributed by atoms with Crippen LogP contribution in [0.15, 0.2) is 42.7 Å². The largest absolute Gasteiger partial charge is 0.342 e. The summed E-state index contributed by atoms with van der Waals surface area (Å²) >= 11 is 0. The van der Waals surface area contributed by atoms with Gasteiger partial charge in [0.25, 0.3) is 5.82 Å². The fraction of sp³-hybridized carbons (Fsp3) is 0.700. The van der Waals surface area contributed by atoms with E-state index in [1.807, 2.05) is 0 Å². The molecular weight excluding hydrogens is 404 g/mol. The van der Waals surface area contributed by atoms with Gasteiger partial charge < -0.3 is 4.74 Å². The van der Waals surface area contributed by atoms with Crippen molar-refractivity contribution in [2.45, 2.75) is 130 Å². The van der Waals surface area contributed by atoms with Gasteiger partial charge in [0.1, 0.15) is 12.4 Å². The van der Waals surface area contributed by atoms with E-state index < -0.39 is 0 Å². The zero-order chi connectivity index (χ0) is 23.4. The Kier molecular flexibility index (Phi) is 15.7. The molecule has 3 heteroatoms. The highest BCUT2D eigenvalue weighted by atomic mass is 16.5. The van der Waals surface area contributed by atoms with E-state index in [0.717, 1.165) is 13.2 Å². The minimum absolute atomic E-state index is 0.643. The Bertz CT molecular complexity index is 695. The summed E-state index contributed by atoms with van der Waals surface area (Å²) in [5.74, 6) is 1.27. The highest BCUT2D eigenvalue weighted by Gasteiger charge is 2.19. The van der Waals surface area contributed by atoms with Crippen LogP contribution in [0.4, 0.5) is 0 Å². The Balaban J connectivity index is 1.73. The third-order valence-corrected chi connectivity index (χ3v) is 6.63. The molecule has 0 radical (unpaired) electrons. The number of aromatic nitrogens is 2. The monoisotopic (exact) mass is 455 g/mol. The van der Waals surface area contributed by atoms with Crippen LogP contribution in [0, 0.1) is 0 Å². The summed E-state index contributed by atoms with van der Waals surface area (Å²) in [4.78, 5) is 0. The second-order valence-corrected chi connectivity index (χ2v) is 9.64. The van der Waals surface area contributed by atoms with Gasteiger partial charge in [-0.2, -0.15) is 0 Å². The van der Waals surface area contributed by atoms with E-state index in [-0.39, 0.29) is 0 Å². The topological polar surface area (TPSA) is 18.0 Å². The van der Waals surface area contributed by atoms with E-state index in [1.54, 1.807) is 0 Å². The molecule has 2 aromatic rings. The summed E-state index contributed by atoms with van der Waals surface area (Å²) < 4.78 is 10.8. The first-order valence-electron chi connectivity index (χ1n) is 14.1. The first-order valence-corrected chi connectivity index (χ1v) is 14.1. The van der Waals surface area contributed by atoms with Gasteiger partial charge in [-0.25, -0.2) is 9.13 Å². The van der Waals surface area contributed by atoms with Crippen LogP contribution in [-0.4, -0.2) is 11.2 Å². The van der Waals surface area contributed by atoms with Gasteiger partial charge in [0.15, 0.2) is 6.73 Å². The highest BCUT2D eigenvalue weighted by molar-refractivity contribution is 5.52. The molecule has 0 aliphatic heterocycles. The lowest BCUT2D eigenvalue weighted by atomic mass is 10.1. The number of hydrogen-bond donors (Lipinski definition) is 0. The molecule has 0 fully saturated rings. The third-order valence-electron chi connectivity index (χ3n) is 6.63. The van der Waals surface area contributed by atoms with Crippen LogP contribution in [0.2, 0.25) is 0 Å². The summed E-state index contributed by atoms with van der Waals surface area (Å²) in [6, 6.07) is 10.8. The molecule has 0 bridgehead atoms. The molecule has 3 nitrogen and oxygen atoms in total. The van der Waals surface area contributed by atoms with Crippen molar-refractivity contribution in [2.75, 3.05) is 6.61 Å². The molecule has 0 spiro atoms. The number of ether oxygens (including phenoxy) is 1. The zero-order valence-corrected chi connectivity index (χ0v) is 21.8. The summed E-state index contributed by atoms with van der Waals surface area (Å²) in [5, 5.41) is 0. The molecule has 0 unspecified atom stereocenters. The molecule has 0 saturated carbocycles. The molecule has 0 aliphatic carbocycles. The molecule has 186 valence electrons. The Labute approximate surface area is 204 Å². The predicted octanol–water partition coefficient (Wildman–Crippen LogP) is 8.70. The van der Waals surface area contributed by atoms with Gasteiger partial charge in [0, 0.05) is 0 Å². The molecule has 0 N–H and O–H groups in total. The highest BCUT2D eigenvalue weighted by Crippen LogP contribution is 2.17. The zero-order valence-electron chi connectivity index (χ0n) is 21.8. The van der Waals surface area contributed by atoms with Crippen LogP contribution in [0.5, 0.6) is 0 Å². The first-order chi connectivity index (χ1) is 16.4. The maximum atomic E-state index is 6.06. The van der Waals surface area contributed by atoms with Crippen molar-refractivity contribution in [3.8, 4) is 11.4 Å². The fourth-order valence-corrected chi connectivity index (χ4v) is 4.59. The maximum absolute atomic E-state index is 6.06. The molecule has 0 amide bonds. The number of rotatable bonds is 21. The van der Waals surface area contributed by atoms with Gasteiger partial charge in [0.05, 0.1) is 18.7 Å². The molecular formula is C30H51N2O+. The number of imidazole rings is 1. The Morgan fingerprint density at radius 2 is 1.21 bits per heavy atom. The number of aryl methyl sites for hydroxylation is 1. The molecule has 2 rings (SSSR count). The Morgan fingerprint density at radius 1 is 0.667 bits per heavy atom. The van der Waals surface area contributed by atoms with Gasteiger partial charge in [-0.15, -0.1) is 0 Å². The fourth-order valence-electron chi connectivity index (χ4n) is 4.59. The lowest BCUT2D eigenvalue weighted by molar-refractivity contribution is -0.722. The number of unbranched alkanes of at least 4 members (excludes halogenated alkanes) is 14. The molecule has 1 aromatic heterocycles. The summed E-state index contributed by atoms with van der Waals surface area (Å²) in [6.07, 6.45) is 26.1. The second kappa shape index (κ2) is 18.8. The van der Waals surface area contributed by atoms with Gasteiger partial charge in [-0.05, 0) is 31.4 Å². The number of benzene rings is 1. The molecule has 1 aromatic carbocycles. The second-order valence-electron chi connectivity index (χ2n) is 9.64. The molecule has 0 saturated heterocycles. The standard InChI is InChI=1S/C30H51N2O/c1-3-5-7-9-11-12-13-14-15-20-24-31-25-26-32(30(31)29-22-18-17-19-23-29)28-33-27-21-16-10-8-6-4-2/h17-19,22-23,25-26H,3-16,20-21,24,27-28H2,1-2H3/q+1. The van der Waals surface area contributed by atoms with Crippen molar-refractivity contribution in [3.63, 3.8) is 0 Å². The van der Waals surface area contributed by atoms with Crippen LogP contribution < -0.4 is 4.57 Å². The first kappa shape index (κ1) is 27.6. The smallest absolute Gasteiger partial charge is 0.290 e. The lowest BCUT2D eigenvalue weighted by Crippen LogP contribution is -2.36. The average Bonchev–Trinajstić information content (AvgIpc) is 3.25. The SMILES string of the molecule is CCCCCCCCCCCCn1cc[n+](COCCCCCCCC)c1-c1ccccc1. The Hall–Kier alpha value is -1.61. The van der Waals surface area contributed by atoms with Crippen LogP contribution >= 0.6 is 0 Å². The van der Waals surface area contributed by atoms with Gasteiger partial charge in [-0.3, -0.25) is 0 Å². The van der Waals surface area contributed by atoms with Crippen molar-refractivity contribution in [1.29, 1.82) is 0 Å². The van der Waals surface area contributed by atoms with Crippen molar-refractivity contribution in [3.05, 3.63) is 42.7 Å². The van der Waals surface area contributed by atoms with Crippen molar-refractivity contribution >= 4 is 0 Å². The van der Waals surface area contributed by atoms with Crippen LogP contribution in [0.25, 0.3) is 11.4 Å². The van der Waals surface area contributed by atoms with Gasteiger partial charge in [-0.1, -0.05) is 116 Å². The third kappa shape index (κ3) is 11.9. The summed E-state index contributed by atoms with van der Waals surface area (Å²) in [5.41, 5.74) is 1.28. The average molecular weight is 456 g/mol. The quantitative estimate of drug-likeness (QED) is 0.136. The van der Waals surface area contributed by atoms with E-state index in [4.69, 9.17) is 4.74 Å². The predicted molar refractivity (Wildman–Crippen MR) is 141 cm³/mol. The molecule has 0 atom stereocenters. The summed E-state index contributed by atoms with van der Waals surface area (Å²) in [7, 11) is 0. The summed E-state index contributed by atoms with van der Waals surface area (Å²) in [6.45, 7) is 7.15. The van der Waals surface area contributed by atoms with E-state index >= 15 is 0 Å². The van der Waals surface area contributed by atoms with Crippen LogP contribution in [0.1, 0.15) is 117 Å². The van der Waals surface area contributed by atoms with Crippen LogP contribution in [-0.2, 0) is 18.0 Å². The normalized spacial score (nSPS) is 11.3. The van der Waals surface area contributed by atoms with Crippen molar-refractivity contribution in [2.24, 2.45) is 0 Å². The maximum Gasteiger partial charge on any atom is 0.290 e.